The summed E-state index contributed by atoms with van der Waals surface area (Å²) in [5.41, 5.74) is 3.46. The zero-order chi connectivity index (χ0) is 36.6. The third-order valence-corrected chi connectivity index (χ3v) is 13.2. The van der Waals surface area contributed by atoms with Crippen LogP contribution in [0.25, 0.3) is 22.2 Å². The number of fused-ring (bicyclic) bond motifs is 1. The van der Waals surface area contributed by atoms with Crippen LogP contribution in [0.15, 0.2) is 65.6 Å². The van der Waals surface area contributed by atoms with Gasteiger partial charge in [0.25, 0.3) is 5.56 Å². The van der Waals surface area contributed by atoms with E-state index in [1.807, 2.05) is 54.6 Å². The van der Waals surface area contributed by atoms with Crippen molar-refractivity contribution in [2.75, 3.05) is 64.1 Å². The van der Waals surface area contributed by atoms with Crippen LogP contribution in [-0.2, 0) is 20.0 Å². The lowest BCUT2D eigenvalue weighted by Crippen LogP contribution is -2.40. The zero-order valence-electron chi connectivity index (χ0n) is 29.9. The molecule has 2 aromatic heterocycles. The van der Waals surface area contributed by atoms with Crippen molar-refractivity contribution in [3.05, 3.63) is 76.7 Å². The maximum Gasteiger partial charge on any atom is 0.260 e. The van der Waals surface area contributed by atoms with Gasteiger partial charge in [0, 0.05) is 61.6 Å². The second-order valence-corrected chi connectivity index (χ2v) is 18.4. The first-order valence-electron chi connectivity index (χ1n) is 18.0. The molecule has 0 aliphatic carbocycles. The number of nitrogens with one attached hydrogen (secondary N) is 1. The molecule has 278 valence electrons. The third-order valence-electron chi connectivity index (χ3n) is 10.6. The highest BCUT2D eigenvalue weighted by molar-refractivity contribution is 7.88. The number of hydrogen-bond donors (Lipinski definition) is 1. The maximum atomic E-state index is 14.4. The van der Waals surface area contributed by atoms with Gasteiger partial charge in [-0.15, -0.1) is 0 Å². The SMILES string of the molecule is CN1CCCC(Oc2ccc(Nc3ncc4cc(-c5ccc(C6CCN(S(C)(=O)=O)CC6)cc5)c(=O)n(C5CCN(S(C)(=O)=O)CC5)c4n3)cc2)C1. The number of hydrogen-bond acceptors (Lipinski definition) is 10. The summed E-state index contributed by atoms with van der Waals surface area (Å²) in [7, 11) is -4.44. The number of ether oxygens (including phenoxy) is 1. The first-order chi connectivity index (χ1) is 24.8. The van der Waals surface area contributed by atoms with Crippen LogP contribution in [0.5, 0.6) is 5.75 Å². The van der Waals surface area contributed by atoms with Crippen molar-refractivity contribution in [2.24, 2.45) is 0 Å². The van der Waals surface area contributed by atoms with Crippen LogP contribution in [0.3, 0.4) is 0 Å². The highest BCUT2D eigenvalue weighted by Crippen LogP contribution is 2.32. The molecule has 3 aliphatic heterocycles. The topological polar surface area (TPSA) is 147 Å². The zero-order valence-corrected chi connectivity index (χ0v) is 31.6. The highest BCUT2D eigenvalue weighted by Gasteiger charge is 2.29. The number of piperidine rings is 3. The molecule has 1 unspecified atom stereocenters. The number of benzene rings is 2. The molecule has 2 aromatic carbocycles. The van der Waals surface area contributed by atoms with Crippen molar-refractivity contribution in [1.29, 1.82) is 0 Å². The molecule has 3 saturated heterocycles. The fraction of sp³-hybridized carbons (Fsp3) is 0.486. The van der Waals surface area contributed by atoms with Crippen LogP contribution >= 0.6 is 0 Å². The first kappa shape index (κ1) is 36.5. The van der Waals surface area contributed by atoms with Gasteiger partial charge < -0.3 is 15.0 Å². The molecule has 52 heavy (non-hydrogen) atoms. The van der Waals surface area contributed by atoms with Gasteiger partial charge in [-0.3, -0.25) is 9.36 Å². The van der Waals surface area contributed by atoms with Crippen LogP contribution in [0.1, 0.15) is 56.0 Å². The molecule has 0 amide bonds. The molecule has 0 spiro atoms. The van der Waals surface area contributed by atoms with E-state index in [0.29, 0.717) is 61.6 Å². The van der Waals surface area contributed by atoms with E-state index in [1.165, 1.54) is 21.1 Å². The molecular formula is C37H47N7O6S2. The molecule has 1 atom stereocenters. The van der Waals surface area contributed by atoms with E-state index in [1.54, 1.807) is 10.8 Å². The van der Waals surface area contributed by atoms with E-state index < -0.39 is 20.0 Å². The molecule has 3 fully saturated rings. The number of aromatic nitrogens is 3. The number of pyridine rings is 1. The summed E-state index contributed by atoms with van der Waals surface area (Å²) in [6, 6.07) is 17.2. The van der Waals surface area contributed by atoms with Gasteiger partial charge in [-0.05, 0) is 99.5 Å². The largest absolute Gasteiger partial charge is 0.489 e. The first-order valence-corrected chi connectivity index (χ1v) is 21.7. The van der Waals surface area contributed by atoms with Gasteiger partial charge >= 0.3 is 0 Å². The predicted octanol–water partition coefficient (Wildman–Crippen LogP) is 4.41. The molecule has 0 radical (unpaired) electrons. The van der Waals surface area contributed by atoms with Gasteiger partial charge in [0.2, 0.25) is 26.0 Å². The Labute approximate surface area is 305 Å². The summed E-state index contributed by atoms with van der Waals surface area (Å²) in [5, 5.41) is 3.98. The maximum absolute atomic E-state index is 14.4. The number of anilines is 2. The summed E-state index contributed by atoms with van der Waals surface area (Å²) in [6.07, 6.45) is 8.93. The van der Waals surface area contributed by atoms with Gasteiger partial charge in [-0.2, -0.15) is 4.98 Å². The minimum absolute atomic E-state index is 0.164. The van der Waals surface area contributed by atoms with Gasteiger partial charge in [0.05, 0.1) is 12.5 Å². The Kier molecular flexibility index (Phi) is 10.4. The lowest BCUT2D eigenvalue weighted by Gasteiger charge is -2.32. The number of nitrogens with zero attached hydrogens (tertiary/aromatic N) is 6. The summed E-state index contributed by atoms with van der Waals surface area (Å²) >= 11 is 0. The summed E-state index contributed by atoms with van der Waals surface area (Å²) < 4.78 is 59.5. The molecule has 7 rings (SSSR count). The average Bonchev–Trinajstić information content (AvgIpc) is 3.12. The molecule has 5 heterocycles. The Bertz CT molecular complexity index is 2180. The number of sulfonamides is 2. The molecule has 1 N–H and O–H groups in total. The standard InChI is InChI=1S/C37H47N7O6S2/c1-41-18-4-5-33(25-41)50-32-12-10-30(11-13-32)39-37-38-24-29-23-34(28-8-6-26(7-9-28)27-14-19-42(20-15-27)51(2,46)47)36(45)44(35(29)40-37)31-16-21-43(22-17-31)52(3,48)49/h6-13,23-24,27,31,33H,4-5,14-22,25H2,1-3H3,(H,38,39,40). The van der Waals surface area contributed by atoms with Gasteiger partial charge in [-0.25, -0.2) is 30.4 Å². The van der Waals surface area contributed by atoms with Crippen LogP contribution in [-0.4, -0.2) is 110 Å². The predicted molar refractivity (Wildman–Crippen MR) is 203 cm³/mol. The molecule has 0 saturated carbocycles. The molecule has 4 aromatic rings. The molecule has 15 heteroatoms. The van der Waals surface area contributed by atoms with E-state index in [-0.39, 0.29) is 23.6 Å². The Balaban J connectivity index is 1.16. The Morgan fingerprint density at radius 3 is 2.06 bits per heavy atom. The summed E-state index contributed by atoms with van der Waals surface area (Å²) in [4.78, 5) is 26.2. The lowest BCUT2D eigenvalue weighted by molar-refractivity contribution is 0.104. The third kappa shape index (κ3) is 8.18. The molecule has 3 aliphatic rings. The lowest BCUT2D eigenvalue weighted by atomic mass is 9.89. The van der Waals surface area contributed by atoms with E-state index >= 15 is 0 Å². The molecule has 13 nitrogen and oxygen atoms in total. The van der Waals surface area contributed by atoms with Crippen molar-refractivity contribution < 1.29 is 21.6 Å². The van der Waals surface area contributed by atoms with Crippen LogP contribution in [0.4, 0.5) is 11.6 Å². The van der Waals surface area contributed by atoms with E-state index in [2.05, 4.69) is 22.2 Å². The quantitative estimate of drug-likeness (QED) is 0.261. The number of rotatable bonds is 9. The van der Waals surface area contributed by atoms with Crippen molar-refractivity contribution in [1.82, 2.24) is 28.0 Å². The summed E-state index contributed by atoms with van der Waals surface area (Å²) in [5.74, 6) is 1.38. The monoisotopic (exact) mass is 749 g/mol. The highest BCUT2D eigenvalue weighted by atomic mass is 32.2. The van der Waals surface area contributed by atoms with E-state index in [9.17, 15) is 21.6 Å². The van der Waals surface area contributed by atoms with Crippen LogP contribution < -0.4 is 15.6 Å². The normalized spacial score (nSPS) is 20.6. The van der Waals surface area contributed by atoms with Crippen molar-refractivity contribution in [2.45, 2.75) is 56.6 Å². The summed E-state index contributed by atoms with van der Waals surface area (Å²) in [6.45, 7) is 3.61. The van der Waals surface area contributed by atoms with Crippen molar-refractivity contribution in [3.63, 3.8) is 0 Å². The Hall–Kier alpha value is -3.89. The number of likely N-dealkylation sites (tertiary alicyclic amines) is 1. The van der Waals surface area contributed by atoms with Crippen LogP contribution in [0, 0.1) is 0 Å². The second kappa shape index (κ2) is 14.9. The van der Waals surface area contributed by atoms with Gasteiger partial charge in [0.15, 0.2) is 0 Å². The molecular weight excluding hydrogens is 703 g/mol. The van der Waals surface area contributed by atoms with Crippen molar-refractivity contribution in [3.8, 4) is 16.9 Å². The van der Waals surface area contributed by atoms with E-state index in [0.717, 1.165) is 61.3 Å². The van der Waals surface area contributed by atoms with Crippen LogP contribution in [0.2, 0.25) is 0 Å². The second-order valence-electron chi connectivity index (χ2n) is 14.5. The van der Waals surface area contributed by atoms with Gasteiger partial charge in [0.1, 0.15) is 17.5 Å². The minimum Gasteiger partial charge on any atom is -0.489 e. The Morgan fingerprint density at radius 1 is 0.808 bits per heavy atom. The van der Waals surface area contributed by atoms with E-state index in [4.69, 9.17) is 9.72 Å². The number of likely N-dealkylation sites (N-methyl/N-ethyl adjacent to an activating group) is 1. The van der Waals surface area contributed by atoms with Gasteiger partial charge in [-0.1, -0.05) is 24.3 Å². The van der Waals surface area contributed by atoms with Crippen molar-refractivity contribution >= 4 is 42.7 Å². The fourth-order valence-corrected chi connectivity index (χ4v) is 9.52. The average molecular weight is 750 g/mol. The Morgan fingerprint density at radius 2 is 1.44 bits per heavy atom. The smallest absolute Gasteiger partial charge is 0.260 e. The fourth-order valence-electron chi connectivity index (χ4n) is 7.77. The molecule has 0 bridgehead atoms. The minimum atomic E-state index is -3.35.